The third kappa shape index (κ3) is 123. The van der Waals surface area contributed by atoms with Gasteiger partial charge in [-0.1, -0.05) is 106 Å². The summed E-state index contributed by atoms with van der Waals surface area (Å²) in [6.45, 7) is 100. The topological polar surface area (TPSA) is 369 Å². The van der Waals surface area contributed by atoms with Crippen molar-refractivity contribution in [2.24, 2.45) is 41.4 Å². The van der Waals surface area contributed by atoms with Crippen LogP contribution in [0.1, 0.15) is 223 Å². The molecule has 30 nitrogen and oxygen atoms in total. The molecular weight excluding hydrogens is 1510 g/mol. The Kier molecular flexibility index (Phi) is 135. The number of hydrogen-bond donors (Lipinski definition) is 0. The van der Waals surface area contributed by atoms with Gasteiger partial charge in [-0.3, -0.25) is 14.5 Å². The third-order valence-corrected chi connectivity index (χ3v) is 15.2. The Bertz CT molecular complexity index is 3140. The number of unbranched alkanes of at least 4 members (excludes halogenated alkanes) is 5. The molecule has 0 bridgehead atoms. The summed E-state index contributed by atoms with van der Waals surface area (Å²) in [6, 6.07) is 20.2. The minimum absolute atomic E-state index is 0.0287. The molecule has 0 aliphatic rings. The first-order chi connectivity index (χ1) is 58.0. The van der Waals surface area contributed by atoms with Crippen LogP contribution < -0.4 is 0 Å². The first kappa shape index (κ1) is 129. The van der Waals surface area contributed by atoms with Gasteiger partial charge in [0.2, 0.25) is 52.4 Å². The molecule has 0 N–H and O–H groups in total. The van der Waals surface area contributed by atoms with Gasteiger partial charge in [0, 0.05) is 70.7 Å². The van der Waals surface area contributed by atoms with Crippen LogP contribution in [0.5, 0.6) is 0 Å². The van der Waals surface area contributed by atoms with Crippen molar-refractivity contribution in [1.82, 2.24) is 0 Å². The Morgan fingerprint density at radius 2 is 0.697 bits per heavy atom. The smallest absolute Gasteiger partial charge is 0.318 e. The molecule has 0 rings (SSSR count). The molecule has 0 spiro atoms. The highest BCUT2D eigenvalue weighted by Crippen LogP contribution is 2.16. The molecule has 0 aromatic carbocycles. The molecule has 0 saturated heterocycles. The highest BCUT2D eigenvalue weighted by atomic mass is 16.6. The molecule has 0 amide bonds. The Morgan fingerprint density at radius 3 is 1.09 bits per heavy atom. The Labute approximate surface area is 718 Å². The number of ether oxygens (including phenoxy) is 9. The second-order valence-electron chi connectivity index (χ2n) is 25.3. The van der Waals surface area contributed by atoms with Crippen LogP contribution in [-0.2, 0) is 42.6 Å². The average Bonchev–Trinajstić information content (AvgIpc) is 0.984. The van der Waals surface area contributed by atoms with E-state index < -0.39 is 6.04 Å². The monoisotopic (exact) mass is 1640 g/mol. The standard InChI is InChI=1S/C12H20N2O3.2C10H16N2O3.3C9H14N2.2C8H12N2.C7H7N3.C7H10N2/c1-3-7-15-10-12(17-9-6-14-2)11-16-8-4-5-13;1-4-13-7-10(8-14-9-12-3)15-6-5-11-2;1-3-13-6-10(7-14-5-4-11)8-15-9-12-2;1-3-4-9(5-7-10)6-8-11-2;1-3-4-5-9(8-10)6-7-11-2;1-3-4-5-6-9(7-10)8-11-2;1-3-4-8(7-9)5-6-10-2;1-3-4-5-8(6-9)7-10-2;1-10-7(6-9)4-2-3-5-8;1-3-7(6-8)4-5-9-2/h12H,3-4,6-11H2,1H3;10H,4-9H2,1H3;10H,3,5-9H2,1H3;9H,3-6,8H2,1H3;9H,3-7H2,1H3;9H,3-6,8H2,1H3;8H,3-6H2,1H3;8H,3-5,7H2,1H3;7H,2-4H2;7H,3-5H2,1H3. The van der Waals surface area contributed by atoms with Crippen molar-refractivity contribution in [3.63, 3.8) is 0 Å². The molecule has 0 heterocycles. The fourth-order valence-corrected chi connectivity index (χ4v) is 8.69. The van der Waals surface area contributed by atoms with Crippen molar-refractivity contribution in [3.05, 3.63) is 126 Å². The van der Waals surface area contributed by atoms with Gasteiger partial charge in [-0.15, -0.1) is 0 Å². The zero-order valence-corrected chi connectivity index (χ0v) is 73.0. The molecule has 10 atom stereocenters. The summed E-state index contributed by atoms with van der Waals surface area (Å²) in [5.41, 5.74) is 0. The van der Waals surface area contributed by atoms with Gasteiger partial charge >= 0.3 is 19.5 Å². The highest BCUT2D eigenvalue weighted by Gasteiger charge is 2.16. The number of rotatable bonds is 58. The summed E-state index contributed by atoms with van der Waals surface area (Å²) >= 11 is 0. The van der Waals surface area contributed by atoms with Gasteiger partial charge in [-0.2, -0.15) is 52.6 Å². The van der Waals surface area contributed by atoms with Crippen molar-refractivity contribution in [1.29, 1.82) is 52.6 Å². The molecule has 119 heavy (non-hydrogen) atoms. The third-order valence-electron chi connectivity index (χ3n) is 15.2. The van der Waals surface area contributed by atoms with Crippen molar-refractivity contribution >= 4 is 0 Å². The maximum absolute atomic E-state index is 8.63. The lowest BCUT2D eigenvalue weighted by Gasteiger charge is -2.16. The zero-order valence-electron chi connectivity index (χ0n) is 73.0. The van der Waals surface area contributed by atoms with Gasteiger partial charge in [0.25, 0.3) is 0 Å². The quantitative estimate of drug-likeness (QED) is 0.0403. The maximum Gasteiger partial charge on any atom is 0.318 e. The second kappa shape index (κ2) is 125. The van der Waals surface area contributed by atoms with Crippen LogP contribution in [0.4, 0.5) is 0 Å². The maximum atomic E-state index is 8.63. The first-order valence-corrected chi connectivity index (χ1v) is 40.8. The molecule has 0 fully saturated rings. The minimum Gasteiger partial charge on any atom is -0.381 e. The Balaban J connectivity index is -0.000000140. The predicted molar refractivity (Wildman–Crippen MR) is 458 cm³/mol. The summed E-state index contributed by atoms with van der Waals surface area (Å²) in [7, 11) is 0. The summed E-state index contributed by atoms with van der Waals surface area (Å²) in [5.74, 6) is 0.804. The first-order valence-electron chi connectivity index (χ1n) is 40.8. The molecule has 0 aromatic heterocycles. The summed E-state index contributed by atoms with van der Waals surface area (Å²) in [4.78, 5) is 34.9. The number of hydrogen-bond acceptors (Lipinski definition) is 19. The largest absolute Gasteiger partial charge is 0.381 e. The molecule has 0 aliphatic carbocycles. The van der Waals surface area contributed by atoms with Gasteiger partial charge < -0.3 is 81.4 Å². The van der Waals surface area contributed by atoms with E-state index in [9.17, 15) is 0 Å². The van der Waals surface area contributed by atoms with Crippen LogP contribution in [-0.4, -0.2) is 177 Å². The molecule has 0 radical (unpaired) electrons. The normalized spacial score (nSPS) is 11.5. The SMILES string of the molecule is [C-]#[N+]C(C#N)CCCC#N.[C-]#[N+]CC(C#N)CCCC.[C-]#[N+]CC(C#N)CCCCC.[C-]#[N+]CCC(C#N)CC.[C-]#[N+]CCC(C#N)CCC.[C-]#[N+]CCC(C#N)CCCC.[C-]#[N+]CCC(CC#N)CCC.[C-]#[N+]CCOC(COCC)COC[N+]#[C-].[C-]#[N+]CCOC(COCCC)COCCC#N.[C-]#[N+]COCC(COCC)COCC#N. The lowest BCUT2D eigenvalue weighted by molar-refractivity contribution is -0.0557. The van der Waals surface area contributed by atoms with Gasteiger partial charge in [0.15, 0.2) is 6.07 Å². The van der Waals surface area contributed by atoms with E-state index in [2.05, 4.69) is 124 Å². The summed E-state index contributed by atoms with van der Waals surface area (Å²) in [5, 5.41) is 84.1. The van der Waals surface area contributed by atoms with E-state index in [1.165, 1.54) is 12.8 Å². The molecule has 10 unspecified atom stereocenters. The second-order valence-corrected chi connectivity index (χ2v) is 25.3. The molecule has 0 aromatic rings. The van der Waals surface area contributed by atoms with Gasteiger partial charge in [0.05, 0.1) is 132 Å². The van der Waals surface area contributed by atoms with Crippen molar-refractivity contribution in [2.75, 3.05) is 158 Å². The summed E-state index contributed by atoms with van der Waals surface area (Å²) < 4.78 is 47.1. The van der Waals surface area contributed by atoms with Crippen LogP contribution in [0, 0.1) is 227 Å². The Hall–Kier alpha value is -11.1. The fraction of sp³-hybridized carbons (Fsp3) is 0.764. The minimum atomic E-state index is -0.548. The zero-order chi connectivity index (χ0) is 91.6. The van der Waals surface area contributed by atoms with E-state index in [1.807, 2.05) is 52.0 Å². The van der Waals surface area contributed by atoms with Crippen LogP contribution in [0.2, 0.25) is 0 Å². The van der Waals surface area contributed by atoms with E-state index in [1.54, 1.807) is 0 Å². The highest BCUT2D eigenvalue weighted by molar-refractivity contribution is 4.98. The van der Waals surface area contributed by atoms with E-state index in [4.69, 9.17) is 168 Å². The lowest BCUT2D eigenvalue weighted by Crippen LogP contribution is -2.27. The van der Waals surface area contributed by atoms with E-state index in [0.29, 0.717) is 176 Å². The number of nitriles is 10. The fourth-order valence-electron chi connectivity index (χ4n) is 8.69. The molecule has 30 heteroatoms. The van der Waals surface area contributed by atoms with Crippen LogP contribution in [0.15, 0.2) is 0 Å². The molecule has 650 valence electrons. The van der Waals surface area contributed by atoms with Crippen LogP contribution >= 0.6 is 0 Å². The molecule has 0 aliphatic heterocycles. The predicted octanol–water partition coefficient (Wildman–Crippen LogP) is 19.6. The summed E-state index contributed by atoms with van der Waals surface area (Å²) in [6.07, 6.45) is 22.0. The van der Waals surface area contributed by atoms with E-state index >= 15 is 0 Å². The number of nitrogens with zero attached hydrogens (tertiary/aromatic N) is 21. The van der Waals surface area contributed by atoms with Gasteiger partial charge in [0.1, 0.15) is 43.9 Å². The van der Waals surface area contributed by atoms with Crippen molar-refractivity contribution in [2.45, 2.75) is 241 Å². The molecular formula is C89H135N21O9. The van der Waals surface area contributed by atoms with Crippen molar-refractivity contribution in [3.8, 4) is 60.7 Å². The van der Waals surface area contributed by atoms with E-state index in [-0.39, 0.29) is 67.8 Å². The van der Waals surface area contributed by atoms with Crippen LogP contribution in [0.3, 0.4) is 0 Å². The van der Waals surface area contributed by atoms with Crippen molar-refractivity contribution < 1.29 is 42.6 Å². The van der Waals surface area contributed by atoms with Gasteiger partial charge in [-0.25, -0.2) is 72.3 Å². The molecule has 0 saturated carbocycles. The van der Waals surface area contributed by atoms with Crippen LogP contribution in [0.25, 0.3) is 53.3 Å². The average molecular weight is 1640 g/mol. The van der Waals surface area contributed by atoms with Gasteiger partial charge in [-0.05, 0) is 71.1 Å². The lowest BCUT2D eigenvalue weighted by atomic mass is 9.97. The Morgan fingerprint density at radius 1 is 0.286 bits per heavy atom. The van der Waals surface area contributed by atoms with E-state index in [0.717, 1.165) is 116 Å².